The summed E-state index contributed by atoms with van der Waals surface area (Å²) in [5.41, 5.74) is 14.6. The highest BCUT2D eigenvalue weighted by Gasteiger charge is 2.37. The van der Waals surface area contributed by atoms with Crippen LogP contribution in [0.4, 0.5) is 45.5 Å². The third-order valence-electron chi connectivity index (χ3n) is 7.89. The Bertz CT molecular complexity index is 2750. The van der Waals surface area contributed by atoms with E-state index >= 15 is 0 Å². The molecule has 1 aliphatic carbocycles. The van der Waals surface area contributed by atoms with E-state index in [1.54, 1.807) is 36.4 Å². The zero-order chi connectivity index (χ0) is 40.4. The van der Waals surface area contributed by atoms with Crippen LogP contribution >= 0.6 is 11.8 Å². The summed E-state index contributed by atoms with van der Waals surface area (Å²) in [6.45, 7) is 1.89. The van der Waals surface area contributed by atoms with Crippen LogP contribution in [0.3, 0.4) is 0 Å². The van der Waals surface area contributed by atoms with Crippen molar-refractivity contribution >= 4 is 95.1 Å². The number of rotatable bonds is 11. The molecule has 0 saturated carbocycles. The number of Topliss-reactive ketones (excluding diaryl/α,β-unsaturated/α-hetero) is 1. The van der Waals surface area contributed by atoms with Crippen LogP contribution in [0.5, 0.6) is 0 Å². The maximum atomic E-state index is 13.8. The van der Waals surface area contributed by atoms with Crippen molar-refractivity contribution in [1.82, 2.24) is 0 Å². The van der Waals surface area contributed by atoms with Gasteiger partial charge in [0.2, 0.25) is 5.78 Å². The van der Waals surface area contributed by atoms with Gasteiger partial charge in [0.05, 0.1) is 38.9 Å². The van der Waals surface area contributed by atoms with E-state index in [9.17, 15) is 40.8 Å². The van der Waals surface area contributed by atoms with Crippen LogP contribution in [-0.4, -0.2) is 42.4 Å². The van der Waals surface area contributed by atoms with Gasteiger partial charge >= 0.3 is 0 Å². The van der Waals surface area contributed by atoms with Gasteiger partial charge in [-0.15, -0.1) is 5.11 Å². The summed E-state index contributed by atoms with van der Waals surface area (Å²) in [5.74, 6) is -1.15. The SMILES string of the molecule is Cc1cc(N)ccc1N=Nc1ccc(Sc2ccc(N/N=C3\C(=O)c4c(cc(S(=O)(=O)O)c(N=Nc5ccc([N+](=O)[O-])cc5)c4N)C=C3S(=O)(=O)O)cc2)cc1. The molecule has 0 radical (unpaired) electrons. The topological polar surface area (TPSA) is 295 Å². The summed E-state index contributed by atoms with van der Waals surface area (Å²) in [6.07, 6.45) is 0.764. The fraction of sp³-hybridized carbons (Fsp3) is 0.0286. The van der Waals surface area contributed by atoms with Crippen LogP contribution < -0.4 is 16.9 Å². The first-order valence-corrected chi connectivity index (χ1v) is 19.5. The lowest BCUT2D eigenvalue weighted by Gasteiger charge is -2.20. The van der Waals surface area contributed by atoms with Gasteiger partial charge in [0.1, 0.15) is 15.5 Å². The number of carbonyl (C=O) groups is 1. The summed E-state index contributed by atoms with van der Waals surface area (Å²) < 4.78 is 69.5. The first-order chi connectivity index (χ1) is 26.5. The number of nitrogen functional groups attached to an aromatic ring is 2. The molecule has 0 saturated heterocycles. The highest BCUT2D eigenvalue weighted by molar-refractivity contribution is 7.99. The quantitative estimate of drug-likeness (QED) is 0.0276. The van der Waals surface area contributed by atoms with Gasteiger partial charge in [-0.2, -0.15) is 37.3 Å². The molecule has 21 heteroatoms. The second-order valence-corrected chi connectivity index (χ2v) is 15.7. The minimum atomic E-state index is -5.14. The number of nitrogens with zero attached hydrogens (tertiary/aromatic N) is 6. The van der Waals surface area contributed by atoms with Crippen LogP contribution in [0, 0.1) is 17.0 Å². The van der Waals surface area contributed by atoms with Gasteiger partial charge in [-0.3, -0.25) is 29.4 Å². The summed E-state index contributed by atoms with van der Waals surface area (Å²) in [6, 6.07) is 24.8. The van der Waals surface area contributed by atoms with Gasteiger partial charge in [0.25, 0.3) is 25.9 Å². The predicted octanol–water partition coefficient (Wildman–Crippen LogP) is 8.19. The number of fused-ring (bicyclic) bond motifs is 1. The number of non-ortho nitro benzene ring substituents is 1. The van der Waals surface area contributed by atoms with Crippen molar-refractivity contribution in [1.29, 1.82) is 0 Å². The Morgan fingerprint density at radius 2 is 1.36 bits per heavy atom. The summed E-state index contributed by atoms with van der Waals surface area (Å²) in [4.78, 5) is 23.9. The number of ketones is 1. The Hall–Kier alpha value is -6.65. The molecule has 56 heavy (non-hydrogen) atoms. The first-order valence-electron chi connectivity index (χ1n) is 15.8. The van der Waals surface area contributed by atoms with Gasteiger partial charge in [0, 0.05) is 27.6 Å². The maximum Gasteiger partial charge on any atom is 0.296 e. The highest BCUT2D eigenvalue weighted by atomic mass is 32.2. The van der Waals surface area contributed by atoms with Crippen molar-refractivity contribution in [2.75, 3.05) is 16.9 Å². The zero-order valence-corrected chi connectivity index (χ0v) is 31.1. The minimum absolute atomic E-state index is 0.0198. The Morgan fingerprint density at radius 3 is 1.93 bits per heavy atom. The number of hydrazone groups is 1. The van der Waals surface area contributed by atoms with Gasteiger partial charge in [-0.05, 0) is 109 Å². The molecule has 5 aromatic carbocycles. The number of carbonyl (C=O) groups excluding carboxylic acids is 1. The van der Waals surface area contributed by atoms with Crippen molar-refractivity contribution in [3.05, 3.63) is 129 Å². The number of benzene rings is 5. The summed E-state index contributed by atoms with van der Waals surface area (Å²) in [7, 11) is -10.3. The number of azo groups is 2. The van der Waals surface area contributed by atoms with Gasteiger partial charge in [0.15, 0.2) is 5.71 Å². The normalized spacial score (nSPS) is 13.9. The number of allylic oxidation sites excluding steroid dienone is 1. The Morgan fingerprint density at radius 1 is 0.768 bits per heavy atom. The van der Waals surface area contributed by atoms with Crippen molar-refractivity contribution in [3.63, 3.8) is 0 Å². The van der Waals surface area contributed by atoms with E-state index in [1.165, 1.54) is 23.9 Å². The standard InChI is InChI=1S/C35H27N9O9S3/c1-19-16-21(36)2-15-28(19)41-38-23-5-11-26(12-6-23)54-27-13-7-24(8-14-27)40-43-34-30(56(51,52)53)18-20-17-29(55(48,49)50)33(32(37)31(20)35(34)45)42-39-22-3-9-25(10-4-22)44(46)47/h2-18,40H,36-37H2,1H3,(H,48,49,50)(H,51,52,53)/b41-38?,42-39?,43-34-. The van der Waals surface area contributed by atoms with Crippen molar-refractivity contribution in [3.8, 4) is 0 Å². The lowest BCUT2D eigenvalue weighted by atomic mass is 9.92. The number of hydrogen-bond acceptors (Lipinski definition) is 16. The maximum absolute atomic E-state index is 13.8. The van der Waals surface area contributed by atoms with Crippen molar-refractivity contribution in [2.24, 2.45) is 25.6 Å². The number of nitro groups is 1. The molecule has 7 N–H and O–H groups in total. The van der Waals surface area contributed by atoms with Crippen LogP contribution in [0.2, 0.25) is 0 Å². The van der Waals surface area contributed by atoms with E-state index in [0.717, 1.165) is 39.6 Å². The highest BCUT2D eigenvalue weighted by Crippen LogP contribution is 2.41. The van der Waals surface area contributed by atoms with E-state index in [1.807, 2.05) is 37.3 Å². The monoisotopic (exact) mass is 813 g/mol. The second kappa shape index (κ2) is 15.6. The van der Waals surface area contributed by atoms with Crippen molar-refractivity contribution in [2.45, 2.75) is 21.6 Å². The molecule has 1 aliphatic rings. The van der Waals surface area contributed by atoms with E-state index in [4.69, 9.17) is 11.5 Å². The Kier molecular flexibility index (Phi) is 10.9. The number of nitrogens with two attached hydrogens (primary N) is 2. The van der Waals surface area contributed by atoms with Gasteiger partial charge in [-0.1, -0.05) is 11.8 Å². The molecular weight excluding hydrogens is 787 g/mol. The van der Waals surface area contributed by atoms with Crippen LogP contribution in [0.25, 0.3) is 6.08 Å². The first kappa shape index (κ1) is 39.1. The molecule has 0 unspecified atom stereocenters. The average molecular weight is 814 g/mol. The Labute approximate surface area is 322 Å². The average Bonchev–Trinajstić information content (AvgIpc) is 3.14. The lowest BCUT2D eigenvalue weighted by Crippen LogP contribution is -2.28. The fourth-order valence-electron chi connectivity index (χ4n) is 5.18. The number of anilines is 3. The van der Waals surface area contributed by atoms with Gasteiger partial charge in [-0.25, -0.2) is 0 Å². The van der Waals surface area contributed by atoms with E-state index < -0.39 is 69.0 Å². The number of nitrogens with one attached hydrogen (secondary N) is 1. The molecular formula is C35H27N9O9S3. The fourth-order valence-corrected chi connectivity index (χ4v) is 7.33. The molecule has 18 nitrogen and oxygen atoms in total. The lowest BCUT2D eigenvalue weighted by molar-refractivity contribution is -0.384. The van der Waals surface area contributed by atoms with E-state index in [0.29, 0.717) is 22.7 Å². The smallest absolute Gasteiger partial charge is 0.296 e. The molecule has 0 atom stereocenters. The molecule has 0 bridgehead atoms. The summed E-state index contributed by atoms with van der Waals surface area (Å²) in [5, 5.41) is 31.1. The second-order valence-electron chi connectivity index (χ2n) is 11.8. The van der Waals surface area contributed by atoms with Gasteiger partial charge < -0.3 is 11.5 Å². The van der Waals surface area contributed by atoms with Crippen LogP contribution in [-0.2, 0) is 20.2 Å². The third-order valence-corrected chi connectivity index (χ3v) is 10.6. The minimum Gasteiger partial charge on any atom is -0.399 e. The molecule has 5 aromatic rings. The molecule has 0 fully saturated rings. The molecule has 0 spiro atoms. The van der Waals surface area contributed by atoms with Crippen LogP contribution in [0.15, 0.2) is 142 Å². The van der Waals surface area contributed by atoms with E-state index in [2.05, 4.69) is 31.0 Å². The summed E-state index contributed by atoms with van der Waals surface area (Å²) >= 11 is 1.43. The largest absolute Gasteiger partial charge is 0.399 e. The molecule has 0 aliphatic heterocycles. The van der Waals surface area contributed by atoms with E-state index in [-0.39, 0.29) is 11.4 Å². The number of hydrogen-bond donors (Lipinski definition) is 5. The third kappa shape index (κ3) is 8.83. The predicted molar refractivity (Wildman–Crippen MR) is 210 cm³/mol. The van der Waals surface area contributed by atoms with Crippen LogP contribution in [0.1, 0.15) is 21.5 Å². The molecule has 0 heterocycles. The molecule has 0 amide bonds. The zero-order valence-electron chi connectivity index (χ0n) is 28.6. The number of aryl methyl sites for hydroxylation is 1. The Balaban J connectivity index is 1.24. The molecule has 0 aromatic heterocycles. The number of nitro benzene ring substituents is 1. The molecule has 284 valence electrons. The van der Waals surface area contributed by atoms with Crippen molar-refractivity contribution < 1.29 is 35.7 Å². The molecule has 6 rings (SSSR count).